The Morgan fingerprint density at radius 2 is 2.00 bits per heavy atom. The highest BCUT2D eigenvalue weighted by molar-refractivity contribution is 7.93. The van der Waals surface area contributed by atoms with Gasteiger partial charge in [0.15, 0.2) is 12.2 Å². The predicted octanol–water partition coefficient (Wildman–Crippen LogP) is 3.81. The number of benzene rings is 2. The first kappa shape index (κ1) is 14.0. The summed E-state index contributed by atoms with van der Waals surface area (Å²) in [5.41, 5.74) is 2.00. The van der Waals surface area contributed by atoms with Gasteiger partial charge in [0.1, 0.15) is 5.75 Å². The van der Waals surface area contributed by atoms with Gasteiger partial charge >= 0.3 is 0 Å². The smallest absolute Gasteiger partial charge is 0.184 e. The van der Waals surface area contributed by atoms with E-state index in [9.17, 15) is 5.26 Å². The molecule has 3 rings (SSSR count). The van der Waals surface area contributed by atoms with E-state index in [0.717, 1.165) is 23.1 Å². The Kier molecular flexibility index (Phi) is 3.99. The van der Waals surface area contributed by atoms with Gasteiger partial charge in [-0.05, 0) is 30.3 Å². The molecule has 2 aromatic carbocycles. The fraction of sp³-hybridized carbons (Fsp3) is 0. The fourth-order valence-corrected chi connectivity index (χ4v) is 2.81. The predicted molar refractivity (Wildman–Crippen MR) is 86.1 cm³/mol. The van der Waals surface area contributed by atoms with Crippen molar-refractivity contribution in [3.05, 3.63) is 65.9 Å². The normalized spacial score (nSPS) is 10.9. The number of hydrogen-bond acceptors (Lipinski definition) is 5. The maximum atomic E-state index is 9.19. The molecule has 1 heterocycles. The molecular weight excluding hydrogens is 298 g/mol. The lowest BCUT2D eigenvalue weighted by atomic mass is 10.1. The maximum Gasteiger partial charge on any atom is 0.184 e. The Balaban J connectivity index is 2.03. The summed E-state index contributed by atoms with van der Waals surface area (Å²) in [6.45, 7) is 0. The molecule has 5 nitrogen and oxygen atoms in total. The molecular formula is C16H11N3O2S. The molecule has 22 heavy (non-hydrogen) atoms. The summed E-state index contributed by atoms with van der Waals surface area (Å²) in [4.78, 5) is 0. The van der Waals surface area contributed by atoms with Gasteiger partial charge in [-0.2, -0.15) is 5.26 Å². The largest absolute Gasteiger partial charge is 0.411 e. The highest BCUT2D eigenvalue weighted by atomic mass is 32.2. The van der Waals surface area contributed by atoms with Crippen molar-refractivity contribution >= 4 is 29.3 Å². The van der Waals surface area contributed by atoms with Crippen LogP contribution in [0.2, 0.25) is 0 Å². The van der Waals surface area contributed by atoms with Crippen molar-refractivity contribution < 1.29 is 9.39 Å². The molecule has 0 bridgehead atoms. The molecule has 0 saturated heterocycles. The number of para-hydroxylation sites is 1. The van der Waals surface area contributed by atoms with Crippen LogP contribution in [0.1, 0.15) is 11.3 Å². The first-order valence-corrected chi connectivity index (χ1v) is 7.15. The van der Waals surface area contributed by atoms with Crippen LogP contribution in [-0.4, -0.2) is 15.4 Å². The molecule has 0 aliphatic carbocycles. The van der Waals surface area contributed by atoms with Gasteiger partial charge in [-0.3, -0.25) is 0 Å². The van der Waals surface area contributed by atoms with Crippen LogP contribution >= 0.6 is 12.2 Å². The van der Waals surface area contributed by atoms with Crippen molar-refractivity contribution in [1.82, 2.24) is 3.97 Å². The molecule has 0 atom stereocenters. The molecule has 0 aliphatic rings. The van der Waals surface area contributed by atoms with Crippen molar-refractivity contribution in [3.63, 3.8) is 0 Å². The summed E-state index contributed by atoms with van der Waals surface area (Å²) < 4.78 is 7.44. The van der Waals surface area contributed by atoms with E-state index in [-0.39, 0.29) is 0 Å². The van der Waals surface area contributed by atoms with Gasteiger partial charge in [-0.25, -0.2) is 3.97 Å². The van der Waals surface area contributed by atoms with E-state index in [1.54, 1.807) is 22.2 Å². The van der Waals surface area contributed by atoms with Crippen molar-refractivity contribution in [1.29, 1.82) is 5.26 Å². The molecule has 6 heteroatoms. The van der Waals surface area contributed by atoms with E-state index in [1.807, 2.05) is 36.4 Å². The summed E-state index contributed by atoms with van der Waals surface area (Å²) in [5.74, 6) is 0.706. The fourth-order valence-electron chi connectivity index (χ4n) is 2.11. The second kappa shape index (κ2) is 6.24. The first-order chi connectivity index (χ1) is 10.8. The minimum absolute atomic E-state index is 0.559. The van der Waals surface area contributed by atoms with E-state index in [1.165, 1.54) is 6.21 Å². The maximum absolute atomic E-state index is 9.19. The second-order valence-electron chi connectivity index (χ2n) is 4.43. The quantitative estimate of drug-likeness (QED) is 0.344. The minimum atomic E-state index is 0.559. The SMILES string of the molecule is N#Cc1cccc2c1cc(/C=N/O)n2SOc1ccccc1. The Bertz CT molecular complexity index is 866. The number of rotatable bonds is 4. The van der Waals surface area contributed by atoms with E-state index in [0.29, 0.717) is 17.0 Å². The monoisotopic (exact) mass is 309 g/mol. The van der Waals surface area contributed by atoms with Crippen LogP contribution in [0.15, 0.2) is 59.8 Å². The Morgan fingerprint density at radius 3 is 2.73 bits per heavy atom. The van der Waals surface area contributed by atoms with Gasteiger partial charge in [0.2, 0.25) is 0 Å². The standard InChI is InChI=1S/C16H11N3O2S/c17-10-12-5-4-8-16-15(12)9-13(11-18-20)19(16)22-21-14-6-2-1-3-7-14/h1-9,11,20H/b18-11+. The molecule has 0 saturated carbocycles. The summed E-state index contributed by atoms with van der Waals surface area (Å²) in [6, 6.07) is 18.7. The number of hydrogen-bond donors (Lipinski definition) is 1. The van der Waals surface area contributed by atoms with E-state index < -0.39 is 0 Å². The van der Waals surface area contributed by atoms with Gasteiger partial charge in [0.05, 0.1) is 29.1 Å². The average Bonchev–Trinajstić information content (AvgIpc) is 2.91. The van der Waals surface area contributed by atoms with Crippen LogP contribution in [0.3, 0.4) is 0 Å². The van der Waals surface area contributed by atoms with E-state index in [4.69, 9.17) is 9.39 Å². The lowest BCUT2D eigenvalue weighted by Crippen LogP contribution is -1.96. The first-order valence-electron chi connectivity index (χ1n) is 6.45. The zero-order valence-corrected chi connectivity index (χ0v) is 12.2. The van der Waals surface area contributed by atoms with Gasteiger partial charge in [-0.1, -0.05) is 29.4 Å². The average molecular weight is 309 g/mol. The molecule has 0 spiro atoms. The lowest BCUT2D eigenvalue weighted by molar-refractivity contribution is 0.321. The third kappa shape index (κ3) is 2.62. The Hall–Kier alpha value is -2.91. The van der Waals surface area contributed by atoms with Crippen LogP contribution < -0.4 is 4.18 Å². The van der Waals surface area contributed by atoms with Crippen molar-refractivity contribution in [2.45, 2.75) is 0 Å². The van der Waals surface area contributed by atoms with Crippen LogP contribution in [0, 0.1) is 11.3 Å². The number of oxime groups is 1. The number of nitrogens with zero attached hydrogens (tertiary/aromatic N) is 3. The minimum Gasteiger partial charge on any atom is -0.411 e. The van der Waals surface area contributed by atoms with Crippen molar-refractivity contribution in [2.24, 2.45) is 5.16 Å². The molecule has 0 amide bonds. The van der Waals surface area contributed by atoms with Crippen LogP contribution in [-0.2, 0) is 0 Å². The molecule has 1 N–H and O–H groups in total. The van der Waals surface area contributed by atoms with Gasteiger partial charge in [-0.15, -0.1) is 0 Å². The number of nitriles is 1. The Labute approximate surface area is 131 Å². The highest BCUT2D eigenvalue weighted by Gasteiger charge is 2.12. The molecule has 1 aromatic heterocycles. The van der Waals surface area contributed by atoms with Gasteiger partial charge in [0.25, 0.3) is 0 Å². The Morgan fingerprint density at radius 1 is 1.18 bits per heavy atom. The number of fused-ring (bicyclic) bond motifs is 1. The van der Waals surface area contributed by atoms with Crippen LogP contribution in [0.25, 0.3) is 10.9 Å². The van der Waals surface area contributed by atoms with Crippen LogP contribution in [0.4, 0.5) is 0 Å². The summed E-state index contributed by atoms with van der Waals surface area (Å²) in [5, 5.41) is 21.9. The third-order valence-corrected chi connectivity index (χ3v) is 3.91. The summed E-state index contributed by atoms with van der Waals surface area (Å²) in [6.07, 6.45) is 1.31. The van der Waals surface area contributed by atoms with Crippen molar-refractivity contribution in [3.8, 4) is 11.8 Å². The summed E-state index contributed by atoms with van der Waals surface area (Å²) in [7, 11) is 0. The zero-order chi connectivity index (χ0) is 15.4. The second-order valence-corrected chi connectivity index (χ2v) is 5.11. The van der Waals surface area contributed by atoms with E-state index >= 15 is 0 Å². The van der Waals surface area contributed by atoms with E-state index in [2.05, 4.69) is 11.2 Å². The molecule has 0 aliphatic heterocycles. The molecule has 108 valence electrons. The highest BCUT2D eigenvalue weighted by Crippen LogP contribution is 2.28. The molecule has 0 unspecified atom stereocenters. The topological polar surface area (TPSA) is 70.5 Å². The van der Waals surface area contributed by atoms with Crippen LogP contribution in [0.5, 0.6) is 5.75 Å². The van der Waals surface area contributed by atoms with Gasteiger partial charge < -0.3 is 9.39 Å². The molecule has 3 aromatic rings. The number of aromatic nitrogens is 1. The zero-order valence-electron chi connectivity index (χ0n) is 11.4. The lowest BCUT2D eigenvalue weighted by Gasteiger charge is -2.07. The van der Waals surface area contributed by atoms with Gasteiger partial charge in [0, 0.05) is 5.39 Å². The molecule has 0 fully saturated rings. The third-order valence-electron chi connectivity index (χ3n) is 3.09. The molecule has 0 radical (unpaired) electrons. The van der Waals surface area contributed by atoms with Crippen molar-refractivity contribution in [2.75, 3.05) is 0 Å². The summed E-state index contributed by atoms with van der Waals surface area (Å²) >= 11 is 1.10.